The van der Waals surface area contributed by atoms with Crippen molar-refractivity contribution in [3.63, 3.8) is 0 Å². The van der Waals surface area contributed by atoms with Crippen molar-refractivity contribution >= 4 is 39.8 Å². The molecule has 2 aromatic carbocycles. The summed E-state index contributed by atoms with van der Waals surface area (Å²) in [5.41, 5.74) is -0.0883. The lowest BCUT2D eigenvalue weighted by Crippen LogP contribution is -2.24. The third kappa shape index (κ3) is 3.22. The van der Waals surface area contributed by atoms with E-state index in [1.165, 1.54) is 36.5 Å². The number of rotatable bonds is 4. The van der Waals surface area contributed by atoms with Crippen LogP contribution in [0.15, 0.2) is 47.4 Å². The van der Waals surface area contributed by atoms with Gasteiger partial charge in [-0.25, -0.2) is 4.39 Å². The minimum Gasteiger partial charge on any atom is -0.343 e. The average Bonchev–Trinajstić information content (AvgIpc) is 3.49. The Labute approximate surface area is 162 Å². The molecule has 3 aromatic rings. The number of pyridine rings is 1. The number of hydrogen-bond donors (Lipinski definition) is 1. The first-order chi connectivity index (χ1) is 13.3. The molecule has 7 nitrogen and oxygen atoms in total. The number of aromatic nitrogens is 1. The molecule has 0 atom stereocenters. The van der Waals surface area contributed by atoms with Gasteiger partial charge in [-0.1, -0.05) is 11.6 Å². The highest BCUT2D eigenvalue weighted by atomic mass is 35.5. The van der Waals surface area contributed by atoms with E-state index < -0.39 is 22.1 Å². The van der Waals surface area contributed by atoms with Crippen LogP contribution in [0.5, 0.6) is 0 Å². The molecule has 0 aliphatic heterocycles. The van der Waals surface area contributed by atoms with Crippen molar-refractivity contribution in [1.82, 2.24) is 4.57 Å². The molecule has 1 aliphatic rings. The monoisotopic (exact) mass is 401 g/mol. The topological polar surface area (TPSA) is 94.2 Å². The Hall–Kier alpha value is -3.26. The summed E-state index contributed by atoms with van der Waals surface area (Å²) < 4.78 is 15.7. The molecule has 1 heterocycles. The number of fused-ring (bicyclic) bond motifs is 1. The molecule has 0 bridgehead atoms. The fourth-order valence-electron chi connectivity index (χ4n) is 3.03. The van der Waals surface area contributed by atoms with Crippen molar-refractivity contribution in [2.75, 3.05) is 5.32 Å². The number of carbonyl (C=O) groups is 1. The molecule has 142 valence electrons. The third-order valence-electron chi connectivity index (χ3n) is 4.60. The SMILES string of the molecule is O=C(Nc1ccc([N+](=O)[O-])cc1)c1cn(C2CC2)c2cc(Cl)c(F)cc2c1=O. The van der Waals surface area contributed by atoms with Gasteiger partial charge in [0.1, 0.15) is 11.4 Å². The molecule has 28 heavy (non-hydrogen) atoms. The maximum Gasteiger partial charge on any atom is 0.269 e. The molecule has 1 fully saturated rings. The smallest absolute Gasteiger partial charge is 0.269 e. The van der Waals surface area contributed by atoms with E-state index in [-0.39, 0.29) is 27.7 Å². The number of nitro groups is 1. The Morgan fingerprint density at radius 2 is 1.93 bits per heavy atom. The predicted molar refractivity (Wildman–Crippen MR) is 102 cm³/mol. The van der Waals surface area contributed by atoms with Crippen LogP contribution < -0.4 is 10.7 Å². The Morgan fingerprint density at radius 3 is 2.54 bits per heavy atom. The zero-order chi connectivity index (χ0) is 20.0. The molecule has 4 rings (SSSR count). The lowest BCUT2D eigenvalue weighted by molar-refractivity contribution is -0.384. The van der Waals surface area contributed by atoms with Crippen molar-refractivity contribution in [2.24, 2.45) is 0 Å². The maximum atomic E-state index is 13.9. The van der Waals surface area contributed by atoms with Crippen LogP contribution in [0.3, 0.4) is 0 Å². The summed E-state index contributed by atoms with van der Waals surface area (Å²) in [6.07, 6.45) is 3.23. The van der Waals surface area contributed by atoms with Crippen LogP contribution in [-0.2, 0) is 0 Å². The van der Waals surface area contributed by atoms with Gasteiger partial charge in [0.2, 0.25) is 5.43 Å². The summed E-state index contributed by atoms with van der Waals surface area (Å²) in [5, 5.41) is 13.2. The Morgan fingerprint density at radius 1 is 1.25 bits per heavy atom. The number of nitrogens with zero attached hydrogens (tertiary/aromatic N) is 2. The predicted octanol–water partition coefficient (Wildman–Crippen LogP) is 4.29. The van der Waals surface area contributed by atoms with Gasteiger partial charge in [0.05, 0.1) is 15.5 Å². The third-order valence-corrected chi connectivity index (χ3v) is 4.88. The zero-order valence-corrected chi connectivity index (χ0v) is 15.1. The van der Waals surface area contributed by atoms with Gasteiger partial charge in [-0.3, -0.25) is 19.7 Å². The van der Waals surface area contributed by atoms with Crippen LogP contribution in [0.1, 0.15) is 29.2 Å². The maximum absolute atomic E-state index is 13.9. The number of nitro benzene ring substituents is 1. The fraction of sp³-hybridized carbons (Fsp3) is 0.158. The highest BCUT2D eigenvalue weighted by Gasteiger charge is 2.27. The number of nitrogens with one attached hydrogen (secondary N) is 1. The van der Waals surface area contributed by atoms with Gasteiger partial charge in [0, 0.05) is 35.4 Å². The summed E-state index contributed by atoms with van der Waals surface area (Å²) in [5.74, 6) is -1.41. The Balaban J connectivity index is 1.76. The van der Waals surface area contributed by atoms with Crippen LogP contribution in [0, 0.1) is 15.9 Å². The quantitative estimate of drug-likeness (QED) is 0.521. The highest BCUT2D eigenvalue weighted by Crippen LogP contribution is 2.37. The second-order valence-electron chi connectivity index (χ2n) is 6.55. The van der Waals surface area contributed by atoms with Crippen LogP contribution in [-0.4, -0.2) is 15.4 Å². The highest BCUT2D eigenvalue weighted by molar-refractivity contribution is 6.31. The Bertz CT molecular complexity index is 1190. The van der Waals surface area contributed by atoms with Crippen LogP contribution >= 0.6 is 11.6 Å². The summed E-state index contributed by atoms with van der Waals surface area (Å²) in [4.78, 5) is 35.6. The Kier molecular flexibility index (Phi) is 4.35. The van der Waals surface area contributed by atoms with Crippen molar-refractivity contribution in [2.45, 2.75) is 18.9 Å². The molecule has 0 spiro atoms. The van der Waals surface area contributed by atoms with Gasteiger partial charge in [-0.2, -0.15) is 0 Å². The molecule has 0 saturated heterocycles. The van der Waals surface area contributed by atoms with Gasteiger partial charge < -0.3 is 9.88 Å². The first kappa shape index (κ1) is 18.1. The lowest BCUT2D eigenvalue weighted by Gasteiger charge is -2.13. The molecule has 1 amide bonds. The molecule has 0 radical (unpaired) electrons. The average molecular weight is 402 g/mol. The summed E-state index contributed by atoms with van der Waals surface area (Å²) >= 11 is 5.86. The van der Waals surface area contributed by atoms with Crippen molar-refractivity contribution in [3.05, 3.63) is 79.3 Å². The molecular weight excluding hydrogens is 389 g/mol. The van der Waals surface area contributed by atoms with Gasteiger partial charge in [-0.15, -0.1) is 0 Å². The number of halogens is 2. The number of hydrogen-bond acceptors (Lipinski definition) is 4. The van der Waals surface area contributed by atoms with Crippen molar-refractivity contribution < 1.29 is 14.1 Å². The fourth-order valence-corrected chi connectivity index (χ4v) is 3.18. The minimum atomic E-state index is -0.735. The van der Waals surface area contributed by atoms with Crippen LogP contribution in [0.4, 0.5) is 15.8 Å². The first-order valence-electron chi connectivity index (χ1n) is 8.45. The van der Waals surface area contributed by atoms with E-state index in [0.29, 0.717) is 11.2 Å². The van der Waals surface area contributed by atoms with E-state index in [4.69, 9.17) is 11.6 Å². The standard InChI is InChI=1S/C19H13ClFN3O4/c20-15-8-17-13(7-16(15)21)18(25)14(9-23(17)11-5-6-11)19(26)22-10-1-3-12(4-2-10)24(27)28/h1-4,7-9,11H,5-6H2,(H,22,26). The van der Waals surface area contributed by atoms with Gasteiger partial charge >= 0.3 is 0 Å². The number of carbonyl (C=O) groups excluding carboxylic acids is 1. The summed E-state index contributed by atoms with van der Waals surface area (Å²) in [6.45, 7) is 0. The van der Waals surface area contributed by atoms with Crippen LogP contribution in [0.2, 0.25) is 5.02 Å². The lowest BCUT2D eigenvalue weighted by atomic mass is 10.1. The zero-order valence-electron chi connectivity index (χ0n) is 14.3. The van der Waals surface area contributed by atoms with E-state index in [2.05, 4.69) is 5.32 Å². The van der Waals surface area contributed by atoms with Gasteiger partial charge in [0.25, 0.3) is 11.6 Å². The number of amides is 1. The molecule has 9 heteroatoms. The molecule has 1 N–H and O–H groups in total. The summed E-state index contributed by atoms with van der Waals surface area (Å²) in [7, 11) is 0. The van der Waals surface area contributed by atoms with E-state index in [0.717, 1.165) is 18.9 Å². The van der Waals surface area contributed by atoms with Crippen molar-refractivity contribution in [1.29, 1.82) is 0 Å². The number of anilines is 1. The summed E-state index contributed by atoms with van der Waals surface area (Å²) in [6, 6.07) is 7.79. The van der Waals surface area contributed by atoms with Gasteiger partial charge in [-0.05, 0) is 37.1 Å². The van der Waals surface area contributed by atoms with E-state index >= 15 is 0 Å². The largest absolute Gasteiger partial charge is 0.343 e. The molecular formula is C19H13ClFN3O4. The van der Waals surface area contributed by atoms with E-state index in [1.807, 2.05) is 0 Å². The van der Waals surface area contributed by atoms with E-state index in [1.54, 1.807) is 4.57 Å². The second-order valence-corrected chi connectivity index (χ2v) is 6.96. The van der Waals surface area contributed by atoms with Gasteiger partial charge in [0.15, 0.2) is 0 Å². The van der Waals surface area contributed by atoms with E-state index in [9.17, 15) is 24.1 Å². The number of benzene rings is 2. The molecule has 0 unspecified atom stereocenters. The number of non-ortho nitro benzene ring substituents is 1. The molecule has 1 saturated carbocycles. The first-order valence-corrected chi connectivity index (χ1v) is 8.82. The molecule has 1 aliphatic carbocycles. The molecule has 1 aromatic heterocycles. The minimum absolute atomic E-state index is 0.0742. The second kappa shape index (κ2) is 6.72. The van der Waals surface area contributed by atoms with Crippen LogP contribution in [0.25, 0.3) is 10.9 Å². The normalized spacial score (nSPS) is 13.5. The van der Waals surface area contributed by atoms with Crippen molar-refractivity contribution in [3.8, 4) is 0 Å².